The van der Waals surface area contributed by atoms with Crippen LogP contribution in [-0.4, -0.2) is 39.6 Å². The fourth-order valence-electron chi connectivity index (χ4n) is 3.93. The maximum Gasteiger partial charge on any atom is 0.264 e. The van der Waals surface area contributed by atoms with Crippen LogP contribution in [0.15, 0.2) is 107 Å². The molecule has 11 heteroatoms. The summed E-state index contributed by atoms with van der Waals surface area (Å²) in [6, 6.07) is 26.3. The molecule has 0 aliphatic heterocycles. The third-order valence-corrected chi connectivity index (χ3v) is 8.25. The number of hydrogen-bond acceptors (Lipinski definition) is 6. The molecule has 4 aromatic carbocycles. The summed E-state index contributed by atoms with van der Waals surface area (Å²) in [5.74, 6) is -0.462. The number of methoxy groups -OCH3 is 1. The van der Waals surface area contributed by atoms with Crippen molar-refractivity contribution in [1.29, 1.82) is 0 Å². The predicted octanol–water partition coefficient (Wildman–Crippen LogP) is 5.65. The number of ether oxygens (including phenoxy) is 1. The Labute approximate surface area is 249 Å². The van der Waals surface area contributed by atoms with E-state index in [1.807, 2.05) is 6.92 Å². The highest BCUT2D eigenvalue weighted by Crippen LogP contribution is 2.25. The zero-order valence-electron chi connectivity index (χ0n) is 23.2. The summed E-state index contributed by atoms with van der Waals surface area (Å²) in [5.41, 5.74) is 5.74. The van der Waals surface area contributed by atoms with E-state index in [1.165, 1.54) is 19.2 Å². The zero-order valence-corrected chi connectivity index (χ0v) is 24.7. The number of aryl methyl sites for hydroxylation is 1. The van der Waals surface area contributed by atoms with E-state index in [1.54, 1.807) is 91.9 Å². The van der Waals surface area contributed by atoms with Gasteiger partial charge in [0.15, 0.2) is 0 Å². The van der Waals surface area contributed by atoms with E-state index in [4.69, 9.17) is 16.3 Å². The average molecular weight is 605 g/mol. The van der Waals surface area contributed by atoms with Crippen molar-refractivity contribution in [2.24, 2.45) is 5.10 Å². The fourth-order valence-corrected chi connectivity index (χ4v) is 5.54. The van der Waals surface area contributed by atoms with Crippen LogP contribution in [0.2, 0.25) is 5.02 Å². The monoisotopic (exact) mass is 604 g/mol. The van der Waals surface area contributed by atoms with E-state index in [0.717, 1.165) is 9.87 Å². The Morgan fingerprint density at radius 3 is 2.24 bits per heavy atom. The number of nitrogens with one attached hydrogen (secondary N) is 2. The first-order chi connectivity index (χ1) is 20.1. The van der Waals surface area contributed by atoms with E-state index in [9.17, 15) is 18.0 Å². The van der Waals surface area contributed by atoms with Crippen LogP contribution in [0.5, 0.6) is 5.75 Å². The Balaban J connectivity index is 1.50. The van der Waals surface area contributed by atoms with Crippen LogP contribution in [0.4, 0.5) is 11.4 Å². The second kappa shape index (κ2) is 13.3. The summed E-state index contributed by atoms with van der Waals surface area (Å²) in [4.78, 5) is 25.6. The number of carbonyl (C=O) groups excluding carboxylic acids is 2. The highest BCUT2D eigenvalue weighted by Gasteiger charge is 2.27. The van der Waals surface area contributed by atoms with Gasteiger partial charge in [-0.05, 0) is 86.1 Å². The normalized spacial score (nSPS) is 11.5. The van der Waals surface area contributed by atoms with Gasteiger partial charge in [-0.15, -0.1) is 0 Å². The second-order valence-corrected chi connectivity index (χ2v) is 11.6. The Kier molecular flexibility index (Phi) is 9.61. The van der Waals surface area contributed by atoms with Crippen molar-refractivity contribution in [3.63, 3.8) is 0 Å². The molecular formula is C31H29ClN4O5S. The van der Waals surface area contributed by atoms with Crippen LogP contribution in [-0.2, 0) is 14.8 Å². The predicted molar refractivity (Wildman–Crippen MR) is 165 cm³/mol. The van der Waals surface area contributed by atoms with Crippen LogP contribution in [0.3, 0.4) is 0 Å². The van der Waals surface area contributed by atoms with E-state index < -0.39 is 22.5 Å². The molecule has 0 atom stereocenters. The molecule has 0 aliphatic rings. The molecule has 216 valence electrons. The molecule has 2 amide bonds. The maximum atomic E-state index is 13.6. The summed E-state index contributed by atoms with van der Waals surface area (Å²) in [5, 5.41) is 7.44. The van der Waals surface area contributed by atoms with Gasteiger partial charge in [0.25, 0.3) is 21.8 Å². The number of carbonyl (C=O) groups is 2. The Morgan fingerprint density at radius 1 is 0.905 bits per heavy atom. The molecule has 4 rings (SSSR count). The van der Waals surface area contributed by atoms with Gasteiger partial charge in [-0.1, -0.05) is 47.5 Å². The summed E-state index contributed by atoms with van der Waals surface area (Å²) < 4.78 is 33.3. The molecule has 4 aromatic rings. The molecular weight excluding hydrogens is 576 g/mol. The number of hydrogen-bond donors (Lipinski definition) is 2. The van der Waals surface area contributed by atoms with Crippen LogP contribution in [0.25, 0.3) is 0 Å². The molecule has 42 heavy (non-hydrogen) atoms. The van der Waals surface area contributed by atoms with E-state index in [0.29, 0.717) is 39.0 Å². The van der Waals surface area contributed by atoms with Crippen LogP contribution >= 0.6 is 11.6 Å². The molecule has 0 aliphatic carbocycles. The van der Waals surface area contributed by atoms with Gasteiger partial charge in [-0.2, -0.15) is 5.10 Å². The smallest absolute Gasteiger partial charge is 0.264 e. The number of amides is 2. The van der Waals surface area contributed by atoms with Crippen molar-refractivity contribution in [3.8, 4) is 5.75 Å². The Hall–Kier alpha value is -4.67. The SMILES string of the molecule is COc1ccc(S(=O)(=O)N(CC(=O)N/N=C(/C)c2cccc(NC(=O)c3cccc(Cl)c3)c2)c2ccc(C)cc2)cc1. The standard InChI is InChI=1S/C31H29ClN4O5S/c1-21-10-12-27(13-11-21)36(42(39,40)29-16-14-28(41-3)15-17-29)20-30(37)35-34-22(2)23-6-5-9-26(19-23)33-31(38)24-7-4-8-25(32)18-24/h4-19H,20H2,1-3H3,(H,33,38)(H,35,37)/b34-22-. The highest BCUT2D eigenvalue weighted by atomic mass is 35.5. The lowest BCUT2D eigenvalue weighted by Gasteiger charge is -2.24. The van der Waals surface area contributed by atoms with Gasteiger partial charge in [0, 0.05) is 16.3 Å². The van der Waals surface area contributed by atoms with Crippen LogP contribution in [0, 0.1) is 6.92 Å². The molecule has 0 fully saturated rings. The molecule has 0 unspecified atom stereocenters. The van der Waals surface area contributed by atoms with Crippen molar-refractivity contribution < 1.29 is 22.7 Å². The van der Waals surface area contributed by atoms with Gasteiger partial charge in [-0.25, -0.2) is 13.8 Å². The first-order valence-corrected chi connectivity index (χ1v) is 14.6. The summed E-state index contributed by atoms with van der Waals surface area (Å²) in [7, 11) is -2.61. The Morgan fingerprint density at radius 2 is 1.57 bits per heavy atom. The largest absolute Gasteiger partial charge is 0.497 e. The van der Waals surface area contributed by atoms with Gasteiger partial charge in [-0.3, -0.25) is 13.9 Å². The van der Waals surface area contributed by atoms with Gasteiger partial charge >= 0.3 is 0 Å². The maximum absolute atomic E-state index is 13.6. The topological polar surface area (TPSA) is 117 Å². The van der Waals surface area contributed by atoms with Crippen LogP contribution < -0.4 is 19.8 Å². The van der Waals surface area contributed by atoms with Crippen molar-refractivity contribution in [2.45, 2.75) is 18.7 Å². The average Bonchev–Trinajstić information content (AvgIpc) is 2.99. The van der Waals surface area contributed by atoms with Gasteiger partial charge in [0.05, 0.1) is 23.4 Å². The lowest BCUT2D eigenvalue weighted by molar-refractivity contribution is -0.119. The van der Waals surface area contributed by atoms with Crippen LogP contribution in [0.1, 0.15) is 28.4 Å². The van der Waals surface area contributed by atoms with Crippen molar-refractivity contribution in [2.75, 3.05) is 23.3 Å². The summed E-state index contributed by atoms with van der Waals surface area (Å²) in [6.45, 7) is 3.06. The van der Waals surface area contributed by atoms with Gasteiger partial charge in [0.2, 0.25) is 0 Å². The molecule has 9 nitrogen and oxygen atoms in total. The number of halogens is 1. The lowest BCUT2D eigenvalue weighted by atomic mass is 10.1. The minimum absolute atomic E-state index is 0.00740. The molecule has 0 spiro atoms. The van der Waals surface area contributed by atoms with Gasteiger partial charge < -0.3 is 10.1 Å². The number of anilines is 2. The minimum Gasteiger partial charge on any atom is -0.497 e. The summed E-state index contributed by atoms with van der Waals surface area (Å²) >= 11 is 5.99. The number of rotatable bonds is 10. The van der Waals surface area contributed by atoms with Crippen molar-refractivity contribution in [3.05, 3.63) is 119 Å². The number of nitrogens with zero attached hydrogens (tertiary/aromatic N) is 2. The fraction of sp³-hybridized carbons (Fsp3) is 0.129. The van der Waals surface area contributed by atoms with Crippen molar-refractivity contribution >= 4 is 50.5 Å². The minimum atomic E-state index is -4.10. The second-order valence-electron chi connectivity index (χ2n) is 9.30. The van der Waals surface area contributed by atoms with E-state index in [2.05, 4.69) is 15.8 Å². The quantitative estimate of drug-likeness (QED) is 0.179. The van der Waals surface area contributed by atoms with Gasteiger partial charge in [0.1, 0.15) is 12.3 Å². The molecule has 2 N–H and O–H groups in total. The first kappa shape index (κ1) is 30.3. The van der Waals surface area contributed by atoms with Crippen molar-refractivity contribution in [1.82, 2.24) is 5.43 Å². The lowest BCUT2D eigenvalue weighted by Crippen LogP contribution is -2.39. The number of benzene rings is 4. The summed E-state index contributed by atoms with van der Waals surface area (Å²) in [6.07, 6.45) is 0. The molecule has 0 radical (unpaired) electrons. The number of sulfonamides is 1. The molecule has 0 aromatic heterocycles. The first-order valence-electron chi connectivity index (χ1n) is 12.8. The zero-order chi connectivity index (χ0) is 30.3. The molecule has 0 saturated carbocycles. The molecule has 0 saturated heterocycles. The third-order valence-electron chi connectivity index (χ3n) is 6.23. The molecule has 0 bridgehead atoms. The Bertz CT molecular complexity index is 1720. The highest BCUT2D eigenvalue weighted by molar-refractivity contribution is 7.92. The third kappa shape index (κ3) is 7.54. The van der Waals surface area contributed by atoms with E-state index in [-0.39, 0.29) is 10.8 Å². The number of hydrazone groups is 1. The molecule has 0 heterocycles. The van der Waals surface area contributed by atoms with E-state index >= 15 is 0 Å².